The van der Waals surface area contributed by atoms with E-state index in [9.17, 15) is 4.79 Å². The van der Waals surface area contributed by atoms with Gasteiger partial charge in [0.05, 0.1) is 12.6 Å². The molecule has 100 valence electrons. The second kappa shape index (κ2) is 5.10. The number of rotatable bonds is 3. The van der Waals surface area contributed by atoms with E-state index in [1.165, 1.54) is 0 Å². The number of carbonyl (C=O) groups excluding carboxylic acids is 1. The molecule has 5 nitrogen and oxygen atoms in total. The third-order valence-corrected chi connectivity index (χ3v) is 3.67. The molecule has 0 radical (unpaired) electrons. The van der Waals surface area contributed by atoms with E-state index in [1.54, 1.807) is 12.4 Å². The third-order valence-electron chi connectivity index (χ3n) is 3.67. The standard InChI is InChI=1S/C13H22N4O/c1-13(2)4-7-17(9-11-15-5-6-16-11)12(18)10(8-13)14-3/h5-6,10,14H,4,7-9H2,1-3H3,(H,15,16). The Kier molecular flexibility index (Phi) is 3.71. The molecule has 0 saturated carbocycles. The van der Waals surface area contributed by atoms with E-state index >= 15 is 0 Å². The highest BCUT2D eigenvalue weighted by molar-refractivity contribution is 5.82. The number of likely N-dealkylation sites (tertiary alicyclic amines) is 1. The number of hydrogen-bond donors (Lipinski definition) is 2. The molecule has 2 N–H and O–H groups in total. The first-order chi connectivity index (χ1) is 8.52. The topological polar surface area (TPSA) is 61.0 Å². The van der Waals surface area contributed by atoms with Crippen molar-refractivity contribution in [2.75, 3.05) is 13.6 Å². The molecule has 0 spiro atoms. The Labute approximate surface area is 108 Å². The van der Waals surface area contributed by atoms with Crippen molar-refractivity contribution in [1.29, 1.82) is 0 Å². The lowest BCUT2D eigenvalue weighted by molar-refractivity contribution is -0.133. The normalized spacial score (nSPS) is 24.1. The van der Waals surface area contributed by atoms with Crippen molar-refractivity contribution in [1.82, 2.24) is 20.2 Å². The molecule has 1 aromatic heterocycles. The molecule has 1 saturated heterocycles. The number of likely N-dealkylation sites (N-methyl/N-ethyl adjacent to an activating group) is 1. The molecule has 2 rings (SSSR count). The molecule has 1 aliphatic rings. The van der Waals surface area contributed by atoms with Gasteiger partial charge < -0.3 is 15.2 Å². The molecule has 1 aliphatic heterocycles. The molecule has 18 heavy (non-hydrogen) atoms. The van der Waals surface area contributed by atoms with Crippen molar-refractivity contribution in [3.05, 3.63) is 18.2 Å². The van der Waals surface area contributed by atoms with E-state index in [-0.39, 0.29) is 17.4 Å². The zero-order chi connectivity index (χ0) is 13.2. The van der Waals surface area contributed by atoms with Gasteiger partial charge in [-0.3, -0.25) is 4.79 Å². The Balaban J connectivity index is 2.12. The molecule has 0 aliphatic carbocycles. The molecular formula is C13H22N4O. The van der Waals surface area contributed by atoms with Gasteiger partial charge in [-0.2, -0.15) is 0 Å². The summed E-state index contributed by atoms with van der Waals surface area (Å²) in [6, 6.07) is -0.0857. The van der Waals surface area contributed by atoms with E-state index in [1.807, 2.05) is 11.9 Å². The van der Waals surface area contributed by atoms with Crippen LogP contribution < -0.4 is 5.32 Å². The van der Waals surface area contributed by atoms with Gasteiger partial charge in [0, 0.05) is 18.9 Å². The van der Waals surface area contributed by atoms with Crippen LogP contribution in [0.3, 0.4) is 0 Å². The van der Waals surface area contributed by atoms with Crippen molar-refractivity contribution in [3.8, 4) is 0 Å². The van der Waals surface area contributed by atoms with Gasteiger partial charge in [0.1, 0.15) is 5.82 Å². The minimum atomic E-state index is -0.0857. The summed E-state index contributed by atoms with van der Waals surface area (Å²) in [5.41, 5.74) is 0.196. The first-order valence-corrected chi connectivity index (χ1v) is 6.46. The lowest BCUT2D eigenvalue weighted by Gasteiger charge is -2.24. The number of aromatic amines is 1. The van der Waals surface area contributed by atoms with Crippen LogP contribution in [-0.4, -0.2) is 40.4 Å². The molecule has 0 bridgehead atoms. The average Bonchev–Trinajstić information content (AvgIpc) is 2.79. The fourth-order valence-electron chi connectivity index (χ4n) is 2.46. The molecule has 0 aromatic carbocycles. The van der Waals surface area contributed by atoms with Crippen molar-refractivity contribution >= 4 is 5.91 Å². The van der Waals surface area contributed by atoms with E-state index in [0.717, 1.165) is 25.2 Å². The number of nitrogens with zero attached hydrogens (tertiary/aromatic N) is 2. The zero-order valence-corrected chi connectivity index (χ0v) is 11.4. The fraction of sp³-hybridized carbons (Fsp3) is 0.692. The highest BCUT2D eigenvalue weighted by Crippen LogP contribution is 2.30. The Hall–Kier alpha value is -1.36. The van der Waals surface area contributed by atoms with Gasteiger partial charge in [0.2, 0.25) is 5.91 Å². The maximum absolute atomic E-state index is 12.4. The molecular weight excluding hydrogens is 228 g/mol. The quantitative estimate of drug-likeness (QED) is 0.846. The Morgan fingerprint density at radius 2 is 2.39 bits per heavy atom. The van der Waals surface area contributed by atoms with Gasteiger partial charge in [-0.15, -0.1) is 0 Å². The first-order valence-electron chi connectivity index (χ1n) is 6.46. The number of nitrogens with one attached hydrogen (secondary N) is 2. The number of hydrogen-bond acceptors (Lipinski definition) is 3. The molecule has 1 atom stereocenters. The largest absolute Gasteiger partial charge is 0.347 e. The summed E-state index contributed by atoms with van der Waals surface area (Å²) in [6.07, 6.45) is 5.42. The summed E-state index contributed by atoms with van der Waals surface area (Å²) < 4.78 is 0. The minimum Gasteiger partial charge on any atom is -0.347 e. The molecule has 2 heterocycles. The highest BCUT2D eigenvalue weighted by atomic mass is 16.2. The van der Waals surface area contributed by atoms with Crippen LogP contribution in [0.1, 0.15) is 32.5 Å². The summed E-state index contributed by atoms with van der Waals surface area (Å²) in [4.78, 5) is 21.6. The average molecular weight is 250 g/mol. The number of H-pyrrole nitrogens is 1. The number of carbonyl (C=O) groups is 1. The van der Waals surface area contributed by atoms with Crippen LogP contribution in [0.15, 0.2) is 12.4 Å². The smallest absolute Gasteiger partial charge is 0.240 e. The van der Waals surface area contributed by atoms with Crippen molar-refractivity contribution < 1.29 is 4.79 Å². The Bertz CT molecular complexity index is 399. The van der Waals surface area contributed by atoms with Gasteiger partial charge >= 0.3 is 0 Å². The molecule has 5 heteroatoms. The van der Waals surface area contributed by atoms with Crippen molar-refractivity contribution in [2.45, 2.75) is 39.3 Å². The summed E-state index contributed by atoms with van der Waals surface area (Å²) in [5, 5.41) is 3.14. The zero-order valence-electron chi connectivity index (χ0n) is 11.4. The minimum absolute atomic E-state index is 0.0857. The van der Waals surface area contributed by atoms with Crippen LogP contribution in [0, 0.1) is 5.41 Å². The second-order valence-electron chi connectivity index (χ2n) is 5.76. The predicted octanol–water partition coefficient (Wildman–Crippen LogP) is 1.15. The van der Waals surface area contributed by atoms with Crippen molar-refractivity contribution in [2.24, 2.45) is 5.41 Å². The SMILES string of the molecule is CNC1CC(C)(C)CCN(Cc2ncc[nH]2)C1=O. The van der Waals surface area contributed by atoms with Crippen LogP contribution >= 0.6 is 0 Å². The summed E-state index contributed by atoms with van der Waals surface area (Å²) >= 11 is 0. The maximum atomic E-state index is 12.4. The van der Waals surface area contributed by atoms with Gasteiger partial charge in [-0.05, 0) is 25.3 Å². The lowest BCUT2D eigenvalue weighted by Crippen LogP contribution is -2.44. The van der Waals surface area contributed by atoms with Gasteiger partial charge in [-0.25, -0.2) is 4.98 Å². The van der Waals surface area contributed by atoms with Crippen LogP contribution in [-0.2, 0) is 11.3 Å². The number of imidazole rings is 1. The van der Waals surface area contributed by atoms with Crippen LogP contribution in [0.5, 0.6) is 0 Å². The number of amides is 1. The highest BCUT2D eigenvalue weighted by Gasteiger charge is 2.34. The van der Waals surface area contributed by atoms with Crippen LogP contribution in [0.25, 0.3) is 0 Å². The predicted molar refractivity (Wildman–Crippen MR) is 69.9 cm³/mol. The van der Waals surface area contributed by atoms with Crippen LogP contribution in [0.4, 0.5) is 0 Å². The summed E-state index contributed by atoms with van der Waals surface area (Å²) in [5.74, 6) is 1.03. The van der Waals surface area contributed by atoms with Gasteiger partial charge in [0.15, 0.2) is 0 Å². The van der Waals surface area contributed by atoms with Crippen molar-refractivity contribution in [3.63, 3.8) is 0 Å². The first kappa shape index (κ1) is 13.1. The van der Waals surface area contributed by atoms with E-state index < -0.39 is 0 Å². The molecule has 1 unspecified atom stereocenters. The van der Waals surface area contributed by atoms with E-state index in [4.69, 9.17) is 0 Å². The van der Waals surface area contributed by atoms with Gasteiger partial charge in [-0.1, -0.05) is 13.8 Å². The van der Waals surface area contributed by atoms with E-state index in [2.05, 4.69) is 29.1 Å². The van der Waals surface area contributed by atoms with Gasteiger partial charge in [0.25, 0.3) is 0 Å². The fourth-order valence-corrected chi connectivity index (χ4v) is 2.46. The monoisotopic (exact) mass is 250 g/mol. The Morgan fingerprint density at radius 1 is 1.61 bits per heavy atom. The number of aromatic nitrogens is 2. The lowest BCUT2D eigenvalue weighted by atomic mass is 9.83. The van der Waals surface area contributed by atoms with Crippen LogP contribution in [0.2, 0.25) is 0 Å². The Morgan fingerprint density at radius 3 is 3.00 bits per heavy atom. The molecule has 1 aromatic rings. The summed E-state index contributed by atoms with van der Waals surface area (Å²) in [7, 11) is 1.86. The maximum Gasteiger partial charge on any atom is 0.240 e. The second-order valence-corrected chi connectivity index (χ2v) is 5.76. The van der Waals surface area contributed by atoms with E-state index in [0.29, 0.717) is 6.54 Å². The summed E-state index contributed by atoms with van der Waals surface area (Å²) in [6.45, 7) is 5.81. The third kappa shape index (κ3) is 2.90. The molecule has 1 fully saturated rings. The molecule has 1 amide bonds.